The standard InChI is InChI=1S/C12H12F3NS/c1-8-3-4-11(5-9(8)2)17-7-10(6-16)12(13,14)15/h3-5,10H,7H2,1-2H3. The lowest BCUT2D eigenvalue weighted by atomic mass is 10.1. The SMILES string of the molecule is Cc1ccc(SCC(C#N)C(F)(F)F)cc1C. The Morgan fingerprint density at radius 3 is 2.41 bits per heavy atom. The van der Waals surface area contributed by atoms with E-state index in [1.807, 2.05) is 26.0 Å². The Kier molecular flexibility index (Phi) is 4.47. The molecule has 0 heterocycles. The highest BCUT2D eigenvalue weighted by molar-refractivity contribution is 7.99. The number of hydrogen-bond acceptors (Lipinski definition) is 2. The van der Waals surface area contributed by atoms with Crippen LogP contribution in [0.3, 0.4) is 0 Å². The number of rotatable bonds is 3. The van der Waals surface area contributed by atoms with Crippen molar-refractivity contribution in [3.8, 4) is 6.07 Å². The molecule has 1 nitrogen and oxygen atoms in total. The van der Waals surface area contributed by atoms with Crippen molar-refractivity contribution in [1.29, 1.82) is 5.26 Å². The van der Waals surface area contributed by atoms with Gasteiger partial charge < -0.3 is 0 Å². The van der Waals surface area contributed by atoms with Crippen LogP contribution in [0.25, 0.3) is 0 Å². The van der Waals surface area contributed by atoms with Crippen LogP contribution in [0.1, 0.15) is 11.1 Å². The van der Waals surface area contributed by atoms with Crippen LogP contribution in [0.4, 0.5) is 13.2 Å². The smallest absolute Gasteiger partial charge is 0.198 e. The monoisotopic (exact) mass is 259 g/mol. The van der Waals surface area contributed by atoms with Crippen LogP contribution < -0.4 is 0 Å². The van der Waals surface area contributed by atoms with Gasteiger partial charge in [0, 0.05) is 10.6 Å². The number of nitriles is 1. The molecule has 0 aliphatic carbocycles. The summed E-state index contributed by atoms with van der Waals surface area (Å²) in [5, 5.41) is 8.46. The normalized spacial score (nSPS) is 13.2. The van der Waals surface area contributed by atoms with Crippen LogP contribution >= 0.6 is 11.8 Å². The predicted octanol–water partition coefficient (Wildman–Crippen LogP) is 4.10. The summed E-state index contributed by atoms with van der Waals surface area (Å²) in [6.07, 6.45) is -4.44. The number of aryl methyl sites for hydroxylation is 2. The summed E-state index contributed by atoms with van der Waals surface area (Å²) >= 11 is 1.06. The number of thioether (sulfide) groups is 1. The molecule has 0 aliphatic heterocycles. The maximum Gasteiger partial charge on any atom is 0.405 e. The van der Waals surface area contributed by atoms with Crippen molar-refractivity contribution >= 4 is 11.8 Å². The minimum atomic E-state index is -4.44. The molecule has 17 heavy (non-hydrogen) atoms. The summed E-state index contributed by atoms with van der Waals surface area (Å²) in [6.45, 7) is 3.85. The van der Waals surface area contributed by atoms with E-state index < -0.39 is 12.1 Å². The van der Waals surface area contributed by atoms with Gasteiger partial charge in [-0.1, -0.05) is 6.07 Å². The maximum atomic E-state index is 12.3. The molecule has 1 unspecified atom stereocenters. The number of benzene rings is 1. The molecule has 1 aromatic carbocycles. The zero-order chi connectivity index (χ0) is 13.1. The summed E-state index contributed by atoms with van der Waals surface area (Å²) < 4.78 is 37.0. The first kappa shape index (κ1) is 13.9. The molecule has 0 aromatic heterocycles. The minimum absolute atomic E-state index is 0.261. The first-order valence-corrected chi connectivity index (χ1v) is 5.99. The molecule has 0 aliphatic rings. The lowest BCUT2D eigenvalue weighted by molar-refractivity contribution is -0.152. The number of hydrogen-bond donors (Lipinski definition) is 0. The number of halogens is 3. The molecular weight excluding hydrogens is 247 g/mol. The van der Waals surface area contributed by atoms with E-state index in [0.717, 1.165) is 27.8 Å². The molecule has 1 aromatic rings. The van der Waals surface area contributed by atoms with Gasteiger partial charge in [-0.3, -0.25) is 0 Å². The first-order chi connectivity index (χ1) is 7.84. The molecule has 0 fully saturated rings. The van der Waals surface area contributed by atoms with E-state index in [2.05, 4.69) is 0 Å². The second-order valence-corrected chi connectivity index (χ2v) is 4.87. The topological polar surface area (TPSA) is 23.8 Å². The zero-order valence-corrected chi connectivity index (χ0v) is 10.3. The van der Waals surface area contributed by atoms with Gasteiger partial charge in [-0.25, -0.2) is 0 Å². The summed E-state index contributed by atoms with van der Waals surface area (Å²) in [4.78, 5) is 0.762. The Hall–Kier alpha value is -1.15. The van der Waals surface area contributed by atoms with Crippen molar-refractivity contribution in [2.75, 3.05) is 5.75 Å². The van der Waals surface area contributed by atoms with Crippen LogP contribution in [0.5, 0.6) is 0 Å². The highest BCUT2D eigenvalue weighted by atomic mass is 32.2. The average molecular weight is 259 g/mol. The molecule has 0 bridgehead atoms. The van der Waals surface area contributed by atoms with E-state index in [1.54, 1.807) is 6.07 Å². The van der Waals surface area contributed by atoms with Gasteiger partial charge in [-0.05, 0) is 37.1 Å². The van der Waals surface area contributed by atoms with E-state index in [-0.39, 0.29) is 5.75 Å². The third kappa shape index (κ3) is 3.97. The molecule has 1 rings (SSSR count). The number of nitrogens with zero attached hydrogens (tertiary/aromatic N) is 1. The van der Waals surface area contributed by atoms with E-state index in [0.29, 0.717) is 0 Å². The molecule has 0 radical (unpaired) electrons. The quantitative estimate of drug-likeness (QED) is 0.763. The van der Waals surface area contributed by atoms with Gasteiger partial charge in [0.05, 0.1) is 6.07 Å². The Bertz CT molecular complexity index is 434. The van der Waals surface area contributed by atoms with E-state index in [1.165, 1.54) is 6.07 Å². The first-order valence-electron chi connectivity index (χ1n) is 5.01. The Morgan fingerprint density at radius 1 is 1.29 bits per heavy atom. The largest absolute Gasteiger partial charge is 0.405 e. The van der Waals surface area contributed by atoms with Gasteiger partial charge in [0.2, 0.25) is 0 Å². The number of alkyl halides is 3. The second kappa shape index (κ2) is 5.46. The van der Waals surface area contributed by atoms with Gasteiger partial charge in [-0.2, -0.15) is 18.4 Å². The lowest BCUT2D eigenvalue weighted by Crippen LogP contribution is -2.23. The molecule has 0 saturated carbocycles. The van der Waals surface area contributed by atoms with E-state index >= 15 is 0 Å². The maximum absolute atomic E-state index is 12.3. The van der Waals surface area contributed by atoms with E-state index in [4.69, 9.17) is 5.26 Å². The molecule has 0 amide bonds. The fourth-order valence-electron chi connectivity index (χ4n) is 1.19. The molecular formula is C12H12F3NS. The second-order valence-electron chi connectivity index (χ2n) is 3.78. The van der Waals surface area contributed by atoms with Gasteiger partial charge in [0.25, 0.3) is 0 Å². The van der Waals surface area contributed by atoms with Crippen molar-refractivity contribution in [2.24, 2.45) is 5.92 Å². The molecule has 1 atom stereocenters. The lowest BCUT2D eigenvalue weighted by Gasteiger charge is -2.12. The van der Waals surface area contributed by atoms with Crippen LogP contribution in [-0.4, -0.2) is 11.9 Å². The third-order valence-corrected chi connectivity index (χ3v) is 3.53. The Labute approximate surface area is 103 Å². The van der Waals surface area contributed by atoms with Crippen LogP contribution in [0.2, 0.25) is 0 Å². The molecule has 92 valence electrons. The molecule has 0 N–H and O–H groups in total. The van der Waals surface area contributed by atoms with Gasteiger partial charge in [0.15, 0.2) is 5.92 Å². The predicted molar refractivity (Wildman–Crippen MR) is 61.8 cm³/mol. The van der Waals surface area contributed by atoms with Gasteiger partial charge in [-0.15, -0.1) is 11.8 Å². The third-order valence-electron chi connectivity index (χ3n) is 2.45. The van der Waals surface area contributed by atoms with Gasteiger partial charge in [0.1, 0.15) is 0 Å². The van der Waals surface area contributed by atoms with Crippen molar-refractivity contribution in [1.82, 2.24) is 0 Å². The van der Waals surface area contributed by atoms with Crippen molar-refractivity contribution in [2.45, 2.75) is 24.9 Å². The average Bonchev–Trinajstić information content (AvgIpc) is 2.22. The highest BCUT2D eigenvalue weighted by Crippen LogP contribution is 2.31. The summed E-state index contributed by atoms with van der Waals surface area (Å²) in [7, 11) is 0. The fraction of sp³-hybridized carbons (Fsp3) is 0.417. The van der Waals surface area contributed by atoms with Crippen molar-refractivity contribution in [3.63, 3.8) is 0 Å². The molecule has 5 heteroatoms. The summed E-state index contributed by atoms with van der Waals surface area (Å²) in [5.41, 5.74) is 2.14. The Morgan fingerprint density at radius 2 is 1.94 bits per heavy atom. The summed E-state index contributed by atoms with van der Waals surface area (Å²) in [5.74, 6) is -2.17. The van der Waals surface area contributed by atoms with Crippen LogP contribution in [0.15, 0.2) is 23.1 Å². The van der Waals surface area contributed by atoms with Crippen LogP contribution in [0, 0.1) is 31.1 Å². The summed E-state index contributed by atoms with van der Waals surface area (Å²) in [6, 6.07) is 6.77. The fourth-order valence-corrected chi connectivity index (χ4v) is 2.24. The van der Waals surface area contributed by atoms with Crippen molar-refractivity contribution in [3.05, 3.63) is 29.3 Å². The van der Waals surface area contributed by atoms with Crippen LogP contribution in [-0.2, 0) is 0 Å². The highest BCUT2D eigenvalue weighted by Gasteiger charge is 2.39. The Balaban J connectivity index is 2.67. The molecule has 0 spiro atoms. The van der Waals surface area contributed by atoms with Crippen molar-refractivity contribution < 1.29 is 13.2 Å². The minimum Gasteiger partial charge on any atom is -0.198 e. The van der Waals surface area contributed by atoms with E-state index in [9.17, 15) is 13.2 Å². The van der Waals surface area contributed by atoms with Gasteiger partial charge >= 0.3 is 6.18 Å². The zero-order valence-electron chi connectivity index (χ0n) is 9.51. The molecule has 0 saturated heterocycles.